The maximum atomic E-state index is 12.5. The summed E-state index contributed by atoms with van der Waals surface area (Å²) in [7, 11) is 0. The van der Waals surface area contributed by atoms with Gasteiger partial charge in [-0.15, -0.1) is 0 Å². The Bertz CT molecular complexity index is 1100. The number of alkyl halides is 2. The molecule has 0 aliphatic rings. The average Bonchev–Trinajstić information content (AvgIpc) is 3.30. The second kappa shape index (κ2) is 9.55. The number of carbonyl (C=O) groups excluding carboxylic acids is 1. The molecular weight excluding hydrogens is 486 g/mol. The molecule has 0 atom stereocenters. The van der Waals surface area contributed by atoms with E-state index in [4.69, 9.17) is 9.15 Å². The van der Waals surface area contributed by atoms with Gasteiger partial charge in [0.2, 0.25) is 0 Å². The highest BCUT2D eigenvalue weighted by Crippen LogP contribution is 2.32. The third kappa shape index (κ3) is 5.57. The van der Waals surface area contributed by atoms with Crippen LogP contribution in [0.25, 0.3) is 0 Å². The summed E-state index contributed by atoms with van der Waals surface area (Å²) in [6, 6.07) is 6.94. The number of ether oxygens (including phenoxy) is 2. The molecule has 0 unspecified atom stereocenters. The van der Waals surface area contributed by atoms with E-state index in [0.717, 1.165) is 0 Å². The summed E-state index contributed by atoms with van der Waals surface area (Å²) in [5.74, 6) is -0.730. The first-order valence-corrected chi connectivity index (χ1v) is 9.55. The number of nitrogens with zero attached hydrogens (tertiary/aromatic N) is 3. The van der Waals surface area contributed by atoms with Crippen LogP contribution in [-0.4, -0.2) is 33.8 Å². The fourth-order valence-corrected chi connectivity index (χ4v) is 3.04. The van der Waals surface area contributed by atoms with Gasteiger partial charge in [0.05, 0.1) is 17.9 Å². The fraction of sp³-hybridized carbons (Fsp3) is 0.222. The number of carbonyl (C=O) groups is 1. The summed E-state index contributed by atoms with van der Waals surface area (Å²) in [4.78, 5) is 22.7. The number of halogens is 3. The Morgan fingerprint density at radius 2 is 2.13 bits per heavy atom. The third-order valence-corrected chi connectivity index (χ3v) is 4.35. The lowest BCUT2D eigenvalue weighted by Crippen LogP contribution is -2.11. The van der Waals surface area contributed by atoms with Gasteiger partial charge in [0.15, 0.2) is 17.3 Å². The molecule has 0 aliphatic heterocycles. The first-order valence-electron chi connectivity index (χ1n) is 8.76. The van der Waals surface area contributed by atoms with Crippen LogP contribution in [0.3, 0.4) is 0 Å². The van der Waals surface area contributed by atoms with Crippen LogP contribution in [0.4, 0.5) is 20.3 Å². The average molecular weight is 501 g/mol. The zero-order valence-electron chi connectivity index (χ0n) is 15.9. The lowest BCUT2D eigenvalue weighted by atomic mass is 10.2. The van der Waals surface area contributed by atoms with Crippen molar-refractivity contribution >= 4 is 33.3 Å². The van der Waals surface area contributed by atoms with E-state index >= 15 is 0 Å². The largest absolute Gasteiger partial charge is 0.490 e. The van der Waals surface area contributed by atoms with Crippen molar-refractivity contribution in [3.05, 3.63) is 62.6 Å². The van der Waals surface area contributed by atoms with Gasteiger partial charge in [-0.25, -0.2) is 0 Å². The Balaban J connectivity index is 1.70. The highest BCUT2D eigenvalue weighted by atomic mass is 79.9. The number of hydrogen-bond donors (Lipinski definition) is 1. The van der Waals surface area contributed by atoms with Crippen molar-refractivity contribution in [3.63, 3.8) is 0 Å². The Labute approximate surface area is 182 Å². The SMILES string of the molecule is CCOc1cc(NC(=O)c2ccc(Cn3cc(Br)c([N+](=O)[O-])n3)o2)ccc1OC(F)F. The molecule has 2 heterocycles. The molecule has 13 heteroatoms. The number of nitro groups is 1. The van der Waals surface area contributed by atoms with Gasteiger partial charge in [-0.3, -0.25) is 4.79 Å². The predicted octanol–water partition coefficient (Wildman–Crippen LogP) is 4.45. The number of nitrogens with one attached hydrogen (secondary N) is 1. The van der Waals surface area contributed by atoms with Crippen molar-refractivity contribution in [1.82, 2.24) is 9.78 Å². The van der Waals surface area contributed by atoms with Crippen molar-refractivity contribution in [2.24, 2.45) is 0 Å². The number of rotatable bonds is 9. The van der Waals surface area contributed by atoms with Crippen molar-refractivity contribution < 1.29 is 32.4 Å². The van der Waals surface area contributed by atoms with E-state index in [0.29, 0.717) is 5.76 Å². The van der Waals surface area contributed by atoms with E-state index in [9.17, 15) is 23.7 Å². The van der Waals surface area contributed by atoms with Crippen LogP contribution in [0.1, 0.15) is 23.2 Å². The molecule has 0 fully saturated rings. The molecule has 0 bridgehead atoms. The first kappa shape index (κ1) is 22.2. The van der Waals surface area contributed by atoms with Gasteiger partial charge >= 0.3 is 12.4 Å². The highest BCUT2D eigenvalue weighted by molar-refractivity contribution is 9.10. The van der Waals surface area contributed by atoms with E-state index in [1.54, 1.807) is 6.92 Å². The third-order valence-electron chi connectivity index (χ3n) is 3.79. The van der Waals surface area contributed by atoms with E-state index in [2.05, 4.69) is 31.1 Å². The van der Waals surface area contributed by atoms with Crippen LogP contribution in [0.2, 0.25) is 0 Å². The number of benzene rings is 1. The minimum Gasteiger partial charge on any atom is -0.490 e. The molecule has 31 heavy (non-hydrogen) atoms. The molecule has 164 valence electrons. The van der Waals surface area contributed by atoms with Crippen LogP contribution in [-0.2, 0) is 6.54 Å². The molecule has 3 rings (SSSR count). The summed E-state index contributed by atoms with van der Waals surface area (Å²) in [6.45, 7) is -1.07. The van der Waals surface area contributed by atoms with Crippen LogP contribution in [0, 0.1) is 10.1 Å². The Morgan fingerprint density at radius 3 is 2.77 bits per heavy atom. The van der Waals surface area contributed by atoms with Crippen LogP contribution in [0.5, 0.6) is 11.5 Å². The molecule has 10 nitrogen and oxygen atoms in total. The zero-order valence-corrected chi connectivity index (χ0v) is 17.5. The molecule has 0 radical (unpaired) electrons. The normalized spacial score (nSPS) is 10.9. The smallest absolute Gasteiger partial charge is 0.404 e. The van der Waals surface area contributed by atoms with E-state index in [1.165, 1.54) is 41.2 Å². The maximum Gasteiger partial charge on any atom is 0.404 e. The second-order valence-electron chi connectivity index (χ2n) is 5.95. The van der Waals surface area contributed by atoms with E-state index in [-0.39, 0.29) is 46.4 Å². The minimum atomic E-state index is -3.02. The van der Waals surface area contributed by atoms with Gasteiger partial charge < -0.3 is 29.3 Å². The first-order chi connectivity index (χ1) is 14.8. The molecule has 0 saturated carbocycles. The molecule has 1 N–H and O–H groups in total. The number of amides is 1. The lowest BCUT2D eigenvalue weighted by molar-refractivity contribution is -0.390. The van der Waals surface area contributed by atoms with Gasteiger partial charge in [0.25, 0.3) is 5.91 Å². The summed E-state index contributed by atoms with van der Waals surface area (Å²) < 4.78 is 41.6. The maximum absolute atomic E-state index is 12.5. The quantitative estimate of drug-likeness (QED) is 0.340. The highest BCUT2D eigenvalue weighted by Gasteiger charge is 2.20. The molecule has 1 amide bonds. The van der Waals surface area contributed by atoms with Crippen LogP contribution >= 0.6 is 15.9 Å². The summed E-state index contributed by atoms with van der Waals surface area (Å²) >= 11 is 3.05. The van der Waals surface area contributed by atoms with Crippen LogP contribution < -0.4 is 14.8 Å². The van der Waals surface area contributed by atoms with Crippen molar-refractivity contribution in [2.75, 3.05) is 11.9 Å². The van der Waals surface area contributed by atoms with Gasteiger partial charge in [-0.2, -0.15) is 13.5 Å². The van der Waals surface area contributed by atoms with E-state index < -0.39 is 17.4 Å². The predicted molar refractivity (Wildman–Crippen MR) is 107 cm³/mol. The standard InChI is InChI=1S/C18H15BrF2N4O6/c1-2-29-15-7-10(3-5-13(15)31-18(20)21)22-17(26)14-6-4-11(30-14)8-24-9-12(19)16(23-24)25(27)28/h3-7,9,18H,2,8H2,1H3,(H,22,26). The number of furan rings is 1. The molecule has 2 aromatic heterocycles. The van der Waals surface area contributed by atoms with Gasteiger partial charge in [-0.1, -0.05) is 0 Å². The monoisotopic (exact) mass is 500 g/mol. The molecule has 0 spiro atoms. The molecule has 0 aliphatic carbocycles. The van der Waals surface area contributed by atoms with Crippen LogP contribution in [0.15, 0.2) is 45.4 Å². The van der Waals surface area contributed by atoms with Crippen molar-refractivity contribution in [1.29, 1.82) is 0 Å². The molecule has 3 aromatic rings. The summed E-state index contributed by atoms with van der Waals surface area (Å²) in [6.07, 6.45) is 1.42. The summed E-state index contributed by atoms with van der Waals surface area (Å²) in [5.41, 5.74) is 0.277. The van der Waals surface area contributed by atoms with Crippen molar-refractivity contribution in [3.8, 4) is 11.5 Å². The Morgan fingerprint density at radius 1 is 1.35 bits per heavy atom. The number of aromatic nitrogens is 2. The molecular formula is C18H15BrF2N4O6. The van der Waals surface area contributed by atoms with Gasteiger partial charge in [0, 0.05) is 11.8 Å². The topological polar surface area (TPSA) is 122 Å². The van der Waals surface area contributed by atoms with E-state index in [1.807, 2.05) is 0 Å². The van der Waals surface area contributed by atoms with Gasteiger partial charge in [0.1, 0.15) is 16.8 Å². The lowest BCUT2D eigenvalue weighted by Gasteiger charge is -2.13. The minimum absolute atomic E-state index is 0.0263. The number of hydrogen-bond acceptors (Lipinski definition) is 7. The Kier molecular flexibility index (Phi) is 6.84. The summed E-state index contributed by atoms with van der Waals surface area (Å²) in [5, 5.41) is 17.2. The molecule has 1 aromatic carbocycles. The molecule has 0 saturated heterocycles. The second-order valence-corrected chi connectivity index (χ2v) is 6.80. The Hall–Kier alpha value is -3.48. The zero-order chi connectivity index (χ0) is 22.5. The van der Waals surface area contributed by atoms with Gasteiger partial charge in [-0.05, 0) is 52.0 Å². The van der Waals surface area contributed by atoms with Crippen molar-refractivity contribution in [2.45, 2.75) is 20.1 Å². The fourth-order valence-electron chi connectivity index (χ4n) is 2.58. The number of anilines is 1.